The lowest BCUT2D eigenvalue weighted by Gasteiger charge is -2.12. The smallest absolute Gasteiger partial charge is 0.273 e. The Kier molecular flexibility index (Phi) is 6.91. The molecule has 27 heavy (non-hydrogen) atoms. The number of rotatable bonds is 7. The molecular weight excluding hydrogens is 372 g/mol. The number of methoxy groups -OCH3 is 1. The number of hydrazine groups is 1. The maximum atomic E-state index is 12.3. The zero-order valence-electron chi connectivity index (χ0n) is 14.9. The molecule has 0 fully saturated rings. The molecule has 0 aromatic heterocycles. The Morgan fingerprint density at radius 3 is 2.19 bits per heavy atom. The van der Waals surface area contributed by atoms with Crippen LogP contribution in [0.2, 0.25) is 0 Å². The highest BCUT2D eigenvalue weighted by atomic mass is 32.2. The van der Waals surface area contributed by atoms with Gasteiger partial charge < -0.3 is 9.47 Å². The summed E-state index contributed by atoms with van der Waals surface area (Å²) in [4.78, 5) is 24.5. The quantitative estimate of drug-likeness (QED) is 0.541. The minimum atomic E-state index is -3.35. The van der Waals surface area contributed by atoms with Crippen LogP contribution in [0.15, 0.2) is 53.4 Å². The number of benzene rings is 2. The lowest BCUT2D eigenvalue weighted by Crippen LogP contribution is -2.41. The topological polar surface area (TPSA) is 111 Å². The van der Waals surface area contributed by atoms with Crippen LogP contribution >= 0.6 is 0 Å². The molecule has 0 aliphatic heterocycles. The summed E-state index contributed by atoms with van der Waals surface area (Å²) in [6.45, 7) is 0.649. The molecular formula is C18H20N2O6S. The van der Waals surface area contributed by atoms with Gasteiger partial charge in [0.05, 0.1) is 17.1 Å². The third kappa shape index (κ3) is 5.80. The average molecular weight is 392 g/mol. The molecule has 0 saturated carbocycles. The highest BCUT2D eigenvalue weighted by Crippen LogP contribution is 2.17. The Morgan fingerprint density at radius 2 is 1.56 bits per heavy atom. The van der Waals surface area contributed by atoms with Crippen LogP contribution in [0.1, 0.15) is 20.7 Å². The molecule has 0 atom stereocenters. The summed E-state index contributed by atoms with van der Waals surface area (Å²) in [6, 6.07) is 12.0. The maximum absolute atomic E-state index is 12.3. The number of carbonyl (C=O) groups excluding carboxylic acids is 2. The highest BCUT2D eigenvalue weighted by Gasteiger charge is 2.14. The largest absolute Gasteiger partial charge is 0.490 e. The van der Waals surface area contributed by atoms with Crippen LogP contribution in [-0.4, -0.2) is 46.8 Å². The predicted molar refractivity (Wildman–Crippen MR) is 98.3 cm³/mol. The molecule has 0 bridgehead atoms. The summed E-state index contributed by atoms with van der Waals surface area (Å²) >= 11 is 0. The minimum Gasteiger partial charge on any atom is -0.490 e. The van der Waals surface area contributed by atoms with Gasteiger partial charge in [-0.2, -0.15) is 0 Å². The fourth-order valence-electron chi connectivity index (χ4n) is 2.12. The van der Waals surface area contributed by atoms with E-state index in [0.29, 0.717) is 12.4 Å². The number of nitrogens with one attached hydrogen (secondary N) is 2. The van der Waals surface area contributed by atoms with Crippen molar-refractivity contribution in [3.8, 4) is 5.75 Å². The normalized spacial score (nSPS) is 10.9. The molecule has 2 rings (SSSR count). The SMILES string of the molecule is COCCOc1ccccc1C(=O)NNC(=O)c1ccc(S(C)(=O)=O)cc1. The van der Waals surface area contributed by atoms with Gasteiger partial charge in [0.1, 0.15) is 12.4 Å². The minimum absolute atomic E-state index is 0.102. The van der Waals surface area contributed by atoms with Crippen LogP contribution in [-0.2, 0) is 14.6 Å². The lowest BCUT2D eigenvalue weighted by molar-refractivity contribution is 0.0842. The molecule has 0 saturated heterocycles. The molecule has 144 valence electrons. The van der Waals surface area contributed by atoms with Crippen molar-refractivity contribution >= 4 is 21.7 Å². The zero-order valence-corrected chi connectivity index (χ0v) is 15.7. The molecule has 0 unspecified atom stereocenters. The molecule has 9 heteroatoms. The van der Waals surface area contributed by atoms with Gasteiger partial charge in [-0.15, -0.1) is 0 Å². The zero-order chi connectivity index (χ0) is 19.9. The van der Waals surface area contributed by atoms with Crippen LogP contribution in [0.4, 0.5) is 0 Å². The van der Waals surface area contributed by atoms with Crippen LogP contribution in [0.5, 0.6) is 5.75 Å². The number of para-hydroxylation sites is 1. The first kappa shape index (κ1) is 20.4. The van der Waals surface area contributed by atoms with E-state index in [1.165, 1.54) is 24.3 Å². The molecule has 0 aliphatic rings. The molecule has 8 nitrogen and oxygen atoms in total. The summed E-state index contributed by atoms with van der Waals surface area (Å²) in [5, 5.41) is 0. The van der Waals surface area contributed by atoms with Gasteiger partial charge in [0.15, 0.2) is 9.84 Å². The molecule has 0 aliphatic carbocycles. The van der Waals surface area contributed by atoms with Crippen LogP contribution < -0.4 is 15.6 Å². The Labute approximate surface area is 157 Å². The third-order valence-corrected chi connectivity index (χ3v) is 4.64. The molecule has 0 heterocycles. The van der Waals surface area contributed by atoms with Gasteiger partial charge >= 0.3 is 0 Å². The Balaban J connectivity index is 2.00. The van der Waals surface area contributed by atoms with Gasteiger partial charge in [0, 0.05) is 18.9 Å². The number of hydrogen-bond donors (Lipinski definition) is 2. The van der Waals surface area contributed by atoms with Gasteiger partial charge in [-0.3, -0.25) is 20.4 Å². The van der Waals surface area contributed by atoms with Crippen LogP contribution in [0, 0.1) is 0 Å². The van der Waals surface area contributed by atoms with Crippen molar-refractivity contribution in [3.63, 3.8) is 0 Å². The van der Waals surface area contributed by atoms with E-state index in [1.54, 1.807) is 31.4 Å². The molecule has 0 spiro atoms. The van der Waals surface area contributed by atoms with Crippen molar-refractivity contribution in [2.75, 3.05) is 26.6 Å². The summed E-state index contributed by atoms with van der Waals surface area (Å²) in [6.07, 6.45) is 1.08. The van der Waals surface area contributed by atoms with Crippen LogP contribution in [0.3, 0.4) is 0 Å². The number of ether oxygens (including phenoxy) is 2. The molecule has 2 amide bonds. The first-order valence-electron chi connectivity index (χ1n) is 7.94. The number of carbonyl (C=O) groups is 2. The monoisotopic (exact) mass is 392 g/mol. The van der Waals surface area contributed by atoms with Crippen molar-refractivity contribution in [3.05, 3.63) is 59.7 Å². The number of amides is 2. The fraction of sp³-hybridized carbons (Fsp3) is 0.222. The van der Waals surface area contributed by atoms with E-state index in [-0.39, 0.29) is 22.6 Å². The first-order chi connectivity index (χ1) is 12.8. The summed E-state index contributed by atoms with van der Waals surface area (Å²) in [5.74, 6) is -0.774. The number of hydrogen-bond acceptors (Lipinski definition) is 6. The Bertz CT molecular complexity index is 910. The standard InChI is InChI=1S/C18H20N2O6S/c1-25-11-12-26-16-6-4-3-5-15(16)18(22)20-19-17(21)13-7-9-14(10-8-13)27(2,23)24/h3-10H,11-12H2,1-2H3,(H,19,21)(H,20,22). The van der Waals surface area contributed by atoms with E-state index in [9.17, 15) is 18.0 Å². The van der Waals surface area contributed by atoms with Crippen molar-refractivity contribution in [2.24, 2.45) is 0 Å². The van der Waals surface area contributed by atoms with Crippen molar-refractivity contribution in [1.82, 2.24) is 10.9 Å². The summed E-state index contributed by atoms with van der Waals surface area (Å²) < 4.78 is 33.3. The van der Waals surface area contributed by atoms with Gasteiger partial charge in [0.25, 0.3) is 11.8 Å². The van der Waals surface area contributed by atoms with Gasteiger partial charge in [-0.25, -0.2) is 8.42 Å². The van der Waals surface area contributed by atoms with Gasteiger partial charge in [-0.1, -0.05) is 12.1 Å². The second-order valence-electron chi connectivity index (χ2n) is 5.54. The highest BCUT2D eigenvalue weighted by molar-refractivity contribution is 7.90. The van der Waals surface area contributed by atoms with E-state index >= 15 is 0 Å². The van der Waals surface area contributed by atoms with E-state index in [2.05, 4.69) is 10.9 Å². The van der Waals surface area contributed by atoms with Gasteiger partial charge in [-0.05, 0) is 36.4 Å². The molecule has 2 aromatic carbocycles. The lowest BCUT2D eigenvalue weighted by atomic mass is 10.2. The van der Waals surface area contributed by atoms with E-state index in [1.807, 2.05) is 0 Å². The van der Waals surface area contributed by atoms with Crippen molar-refractivity contribution in [2.45, 2.75) is 4.90 Å². The average Bonchev–Trinajstić information content (AvgIpc) is 2.66. The number of sulfone groups is 1. The summed E-state index contributed by atoms with van der Waals surface area (Å²) in [7, 11) is -1.80. The summed E-state index contributed by atoms with van der Waals surface area (Å²) in [5.41, 5.74) is 5.04. The van der Waals surface area contributed by atoms with Gasteiger partial charge in [0.2, 0.25) is 0 Å². The third-order valence-electron chi connectivity index (χ3n) is 3.51. The molecule has 2 N–H and O–H groups in total. The molecule has 0 radical (unpaired) electrons. The Morgan fingerprint density at radius 1 is 0.926 bits per heavy atom. The Hall–Kier alpha value is -2.91. The van der Waals surface area contributed by atoms with E-state index < -0.39 is 21.7 Å². The van der Waals surface area contributed by atoms with Crippen LogP contribution in [0.25, 0.3) is 0 Å². The fourth-order valence-corrected chi connectivity index (χ4v) is 2.75. The van der Waals surface area contributed by atoms with Crippen molar-refractivity contribution < 1.29 is 27.5 Å². The second kappa shape index (κ2) is 9.15. The first-order valence-corrected chi connectivity index (χ1v) is 9.83. The predicted octanol–water partition coefficient (Wildman–Crippen LogP) is 1.19. The maximum Gasteiger partial charge on any atom is 0.273 e. The second-order valence-corrected chi connectivity index (χ2v) is 7.56. The van der Waals surface area contributed by atoms with E-state index in [4.69, 9.17) is 9.47 Å². The molecule has 2 aromatic rings. The van der Waals surface area contributed by atoms with Crippen molar-refractivity contribution in [1.29, 1.82) is 0 Å². The van der Waals surface area contributed by atoms with E-state index in [0.717, 1.165) is 6.26 Å².